The highest BCUT2D eigenvalue weighted by Gasteiger charge is 2.42. The number of nitrogens with zero attached hydrogens (tertiary/aromatic N) is 1. The van der Waals surface area contributed by atoms with Crippen molar-refractivity contribution in [3.05, 3.63) is 18.3 Å². The Morgan fingerprint density at radius 1 is 1.30 bits per heavy atom. The van der Waals surface area contributed by atoms with Gasteiger partial charge in [-0.05, 0) is 43.6 Å². The molecule has 2 fully saturated rings. The lowest BCUT2D eigenvalue weighted by Crippen LogP contribution is -2.44. The molecule has 0 radical (unpaired) electrons. The molecule has 10 heteroatoms. The van der Waals surface area contributed by atoms with Crippen molar-refractivity contribution in [2.45, 2.75) is 55.6 Å². The lowest BCUT2D eigenvalue weighted by Gasteiger charge is -2.39. The van der Waals surface area contributed by atoms with Crippen LogP contribution in [0.3, 0.4) is 0 Å². The zero-order valence-corrected chi connectivity index (χ0v) is 15.6. The molecule has 3 rings (SSSR count). The molecular weight excluding hydrogens is 380 g/mol. The lowest BCUT2D eigenvalue weighted by atomic mass is 9.73. The Morgan fingerprint density at radius 3 is 2.67 bits per heavy atom. The van der Waals surface area contributed by atoms with Gasteiger partial charge in [-0.25, -0.2) is 27.3 Å². The fraction of sp³-hybridized carbons (Fsp3) is 0.647. The number of halogens is 2. The summed E-state index contributed by atoms with van der Waals surface area (Å²) in [6.07, 6.45) is 2.43. The molecule has 0 bridgehead atoms. The SMILES string of the molecule is NS(=O)(=O)c1cc(NC(=O)C2OCCCC2C2CCC(F)(F)CC2)ccn1. The number of carbonyl (C=O) groups is 1. The van der Waals surface area contributed by atoms with Crippen LogP contribution in [0.5, 0.6) is 0 Å². The minimum Gasteiger partial charge on any atom is -0.368 e. The summed E-state index contributed by atoms with van der Waals surface area (Å²) in [4.78, 5) is 16.4. The minimum absolute atomic E-state index is 0.0121. The number of pyridine rings is 1. The van der Waals surface area contributed by atoms with Gasteiger partial charge in [-0.2, -0.15) is 0 Å². The molecule has 27 heavy (non-hydrogen) atoms. The molecule has 1 saturated heterocycles. The summed E-state index contributed by atoms with van der Waals surface area (Å²) in [5.74, 6) is -3.15. The maximum absolute atomic E-state index is 13.4. The monoisotopic (exact) mass is 403 g/mol. The highest BCUT2D eigenvalue weighted by atomic mass is 32.2. The first-order chi connectivity index (χ1) is 12.7. The number of sulfonamides is 1. The van der Waals surface area contributed by atoms with Crippen LogP contribution in [0.1, 0.15) is 38.5 Å². The Bertz CT molecular complexity index is 793. The molecule has 2 heterocycles. The van der Waals surface area contributed by atoms with Gasteiger partial charge in [0.05, 0.1) is 0 Å². The number of amides is 1. The Hall–Kier alpha value is -1.65. The molecule has 7 nitrogen and oxygen atoms in total. The first kappa shape index (κ1) is 20.1. The normalized spacial score (nSPS) is 26.5. The van der Waals surface area contributed by atoms with E-state index in [0.717, 1.165) is 12.8 Å². The molecular formula is C17H23F2N3O4S. The third-order valence-electron chi connectivity index (χ3n) is 5.29. The number of ether oxygens (including phenoxy) is 1. The van der Waals surface area contributed by atoms with Crippen LogP contribution in [-0.4, -0.2) is 37.9 Å². The number of hydrogen-bond donors (Lipinski definition) is 2. The number of nitrogens with one attached hydrogen (secondary N) is 1. The van der Waals surface area contributed by atoms with Gasteiger partial charge in [0.25, 0.3) is 15.9 Å². The molecule has 1 aliphatic heterocycles. The summed E-state index contributed by atoms with van der Waals surface area (Å²) in [6.45, 7) is 0.427. The number of rotatable bonds is 4. The summed E-state index contributed by atoms with van der Waals surface area (Å²) in [5, 5.41) is 7.34. The third-order valence-corrected chi connectivity index (χ3v) is 6.09. The van der Waals surface area contributed by atoms with Gasteiger partial charge in [0.1, 0.15) is 6.10 Å². The zero-order valence-electron chi connectivity index (χ0n) is 14.7. The van der Waals surface area contributed by atoms with Crippen molar-refractivity contribution >= 4 is 21.6 Å². The predicted molar refractivity (Wildman–Crippen MR) is 93.6 cm³/mol. The van der Waals surface area contributed by atoms with Crippen molar-refractivity contribution in [3.8, 4) is 0 Å². The second kappa shape index (κ2) is 7.76. The van der Waals surface area contributed by atoms with Crippen LogP contribution < -0.4 is 10.5 Å². The molecule has 2 unspecified atom stereocenters. The fourth-order valence-electron chi connectivity index (χ4n) is 3.90. The van der Waals surface area contributed by atoms with E-state index in [1.165, 1.54) is 18.3 Å². The summed E-state index contributed by atoms with van der Waals surface area (Å²) in [7, 11) is -3.99. The smallest absolute Gasteiger partial charge is 0.255 e. The van der Waals surface area contributed by atoms with Crippen LogP contribution >= 0.6 is 0 Å². The summed E-state index contributed by atoms with van der Waals surface area (Å²) < 4.78 is 55.4. The molecule has 1 amide bonds. The number of aromatic nitrogens is 1. The number of primary sulfonamides is 1. The van der Waals surface area contributed by atoms with E-state index in [-0.39, 0.29) is 35.4 Å². The van der Waals surface area contributed by atoms with Crippen molar-refractivity contribution in [1.82, 2.24) is 4.98 Å². The van der Waals surface area contributed by atoms with E-state index < -0.39 is 28.0 Å². The Morgan fingerprint density at radius 2 is 2.00 bits per heavy atom. The topological polar surface area (TPSA) is 111 Å². The first-order valence-electron chi connectivity index (χ1n) is 8.95. The highest BCUT2D eigenvalue weighted by Crippen LogP contribution is 2.43. The predicted octanol–water partition coefficient (Wildman–Crippen LogP) is 2.29. The molecule has 1 aromatic heterocycles. The molecule has 2 atom stereocenters. The molecule has 0 spiro atoms. The molecule has 150 valence electrons. The van der Waals surface area contributed by atoms with Gasteiger partial charge in [0.15, 0.2) is 5.03 Å². The minimum atomic E-state index is -3.99. The zero-order chi connectivity index (χ0) is 19.7. The van der Waals surface area contributed by atoms with Crippen LogP contribution in [0.25, 0.3) is 0 Å². The van der Waals surface area contributed by atoms with Crippen molar-refractivity contribution in [2.24, 2.45) is 17.0 Å². The molecule has 1 aliphatic carbocycles. The maximum Gasteiger partial charge on any atom is 0.255 e. The van der Waals surface area contributed by atoms with Gasteiger partial charge in [0, 0.05) is 37.4 Å². The van der Waals surface area contributed by atoms with E-state index in [0.29, 0.717) is 19.4 Å². The van der Waals surface area contributed by atoms with Gasteiger partial charge >= 0.3 is 0 Å². The van der Waals surface area contributed by atoms with E-state index in [1.54, 1.807) is 0 Å². The van der Waals surface area contributed by atoms with E-state index in [4.69, 9.17) is 9.88 Å². The molecule has 0 aromatic carbocycles. The maximum atomic E-state index is 13.4. The average Bonchev–Trinajstić information content (AvgIpc) is 2.61. The largest absolute Gasteiger partial charge is 0.368 e. The molecule has 3 N–H and O–H groups in total. The highest BCUT2D eigenvalue weighted by molar-refractivity contribution is 7.89. The first-order valence-corrected chi connectivity index (χ1v) is 10.5. The second-order valence-corrected chi connectivity index (χ2v) is 8.72. The van der Waals surface area contributed by atoms with Crippen molar-refractivity contribution in [1.29, 1.82) is 0 Å². The van der Waals surface area contributed by atoms with Crippen LogP contribution in [0, 0.1) is 11.8 Å². The average molecular weight is 403 g/mol. The molecule has 1 saturated carbocycles. The van der Waals surface area contributed by atoms with Crippen LogP contribution in [-0.2, 0) is 19.6 Å². The summed E-state index contributed by atoms with van der Waals surface area (Å²) >= 11 is 0. The van der Waals surface area contributed by atoms with Gasteiger partial charge in [-0.3, -0.25) is 4.79 Å². The quantitative estimate of drug-likeness (QED) is 0.801. The van der Waals surface area contributed by atoms with Crippen molar-refractivity contribution in [3.63, 3.8) is 0 Å². The number of alkyl halides is 2. The van der Waals surface area contributed by atoms with E-state index in [1.807, 2.05) is 0 Å². The van der Waals surface area contributed by atoms with Gasteiger partial charge < -0.3 is 10.1 Å². The number of nitrogens with two attached hydrogens (primary N) is 1. The number of hydrogen-bond acceptors (Lipinski definition) is 5. The lowest BCUT2D eigenvalue weighted by molar-refractivity contribution is -0.140. The summed E-state index contributed by atoms with van der Waals surface area (Å²) in [5.41, 5.74) is 0.238. The Labute approximate surface area is 156 Å². The van der Waals surface area contributed by atoms with Crippen LogP contribution in [0.15, 0.2) is 23.4 Å². The third kappa shape index (κ3) is 4.99. The van der Waals surface area contributed by atoms with E-state index in [9.17, 15) is 22.0 Å². The second-order valence-electron chi connectivity index (χ2n) is 7.21. The summed E-state index contributed by atoms with van der Waals surface area (Å²) in [6, 6.07) is 2.62. The van der Waals surface area contributed by atoms with Crippen LogP contribution in [0.4, 0.5) is 14.5 Å². The number of carbonyl (C=O) groups excluding carboxylic acids is 1. The fourth-order valence-corrected chi connectivity index (χ4v) is 4.40. The Balaban J connectivity index is 1.71. The van der Waals surface area contributed by atoms with Gasteiger partial charge in [0.2, 0.25) is 5.92 Å². The van der Waals surface area contributed by atoms with E-state index in [2.05, 4.69) is 10.3 Å². The van der Waals surface area contributed by atoms with Crippen molar-refractivity contribution < 1.29 is 26.7 Å². The van der Waals surface area contributed by atoms with Crippen molar-refractivity contribution in [2.75, 3.05) is 11.9 Å². The number of anilines is 1. The molecule has 2 aliphatic rings. The standard InChI is InChI=1S/C17H23F2N3O4S/c18-17(19)6-3-11(4-7-17)13-2-1-9-26-15(13)16(23)22-12-5-8-21-14(10-12)27(20,24)25/h5,8,10-11,13,15H,1-4,6-7,9H2,(H2,20,24,25)(H,21,22,23). The van der Waals surface area contributed by atoms with E-state index >= 15 is 0 Å². The van der Waals surface area contributed by atoms with Crippen LogP contribution in [0.2, 0.25) is 0 Å². The molecule has 1 aromatic rings. The van der Waals surface area contributed by atoms with Gasteiger partial charge in [-0.1, -0.05) is 0 Å². The van der Waals surface area contributed by atoms with Gasteiger partial charge in [-0.15, -0.1) is 0 Å². The Kier molecular flexibility index (Phi) is 5.78.